The quantitative estimate of drug-likeness (QED) is 0.880. The summed E-state index contributed by atoms with van der Waals surface area (Å²) in [6.07, 6.45) is 1.22. The monoisotopic (exact) mass is 359 g/mol. The summed E-state index contributed by atoms with van der Waals surface area (Å²) in [4.78, 5) is 26.3. The van der Waals surface area contributed by atoms with Gasteiger partial charge < -0.3 is 15.5 Å². The Morgan fingerprint density at radius 2 is 1.92 bits per heavy atom. The molecule has 0 saturated carbocycles. The number of anilines is 1. The molecule has 3 rings (SSSR count). The van der Waals surface area contributed by atoms with Crippen molar-refractivity contribution in [1.82, 2.24) is 10.2 Å². The van der Waals surface area contributed by atoms with E-state index >= 15 is 0 Å². The van der Waals surface area contributed by atoms with Crippen LogP contribution in [0.15, 0.2) is 48.5 Å². The highest BCUT2D eigenvalue weighted by Gasteiger charge is 2.34. The molecule has 2 aromatic rings. The minimum absolute atomic E-state index is 0.0569. The zero-order valence-corrected chi connectivity index (χ0v) is 14.0. The molecular weight excluding hydrogens is 340 g/mol. The van der Waals surface area contributed by atoms with Gasteiger partial charge in [-0.2, -0.15) is 0 Å². The molecule has 1 fully saturated rings. The number of likely N-dealkylation sites (tertiary alicyclic amines) is 1. The van der Waals surface area contributed by atoms with E-state index in [9.17, 15) is 18.4 Å². The molecule has 0 aromatic heterocycles. The normalized spacial score (nSPS) is 16.4. The van der Waals surface area contributed by atoms with Gasteiger partial charge in [0.2, 0.25) is 5.91 Å². The maximum atomic E-state index is 13.6. The molecule has 136 valence electrons. The zero-order valence-electron chi connectivity index (χ0n) is 14.0. The number of rotatable bonds is 4. The standard InChI is InChI=1S/C19H19F2N3O2/c20-14-6-3-7-15(11-14)23-19(26)24-10-4-9-17(24)18(25)22-12-13-5-1-2-8-16(13)21/h1-3,5-8,11,17H,4,9-10,12H2,(H,22,25)(H,23,26)/t17-/m0/s1. The van der Waals surface area contributed by atoms with E-state index in [0.717, 1.165) is 0 Å². The molecule has 1 aliphatic heterocycles. The lowest BCUT2D eigenvalue weighted by molar-refractivity contribution is -0.124. The molecule has 26 heavy (non-hydrogen) atoms. The SMILES string of the molecule is O=C(NCc1ccccc1F)[C@@H]1CCCN1C(=O)Nc1cccc(F)c1. The molecule has 1 saturated heterocycles. The van der Waals surface area contributed by atoms with Crippen molar-refractivity contribution >= 4 is 17.6 Å². The fourth-order valence-electron chi connectivity index (χ4n) is 2.99. The van der Waals surface area contributed by atoms with Gasteiger partial charge in [-0.3, -0.25) is 4.79 Å². The van der Waals surface area contributed by atoms with Gasteiger partial charge in [0.05, 0.1) is 0 Å². The molecular formula is C19H19F2N3O2. The summed E-state index contributed by atoms with van der Waals surface area (Å²) in [5, 5.41) is 5.28. The molecule has 1 atom stereocenters. The first kappa shape index (κ1) is 17.8. The van der Waals surface area contributed by atoms with Crippen LogP contribution in [0.1, 0.15) is 18.4 Å². The average molecular weight is 359 g/mol. The van der Waals surface area contributed by atoms with E-state index in [0.29, 0.717) is 30.6 Å². The Balaban J connectivity index is 1.61. The van der Waals surface area contributed by atoms with Gasteiger partial charge in [-0.15, -0.1) is 0 Å². The van der Waals surface area contributed by atoms with E-state index in [-0.39, 0.29) is 18.3 Å². The van der Waals surface area contributed by atoms with Gasteiger partial charge in [-0.05, 0) is 37.1 Å². The second-order valence-electron chi connectivity index (χ2n) is 6.10. The number of urea groups is 1. The van der Waals surface area contributed by atoms with Crippen LogP contribution in [0.25, 0.3) is 0 Å². The van der Waals surface area contributed by atoms with Crippen molar-refractivity contribution in [2.75, 3.05) is 11.9 Å². The molecule has 1 aliphatic rings. The molecule has 7 heteroatoms. The van der Waals surface area contributed by atoms with Gasteiger partial charge in [0.25, 0.3) is 0 Å². The molecule has 1 heterocycles. The lowest BCUT2D eigenvalue weighted by Crippen LogP contribution is -2.47. The number of hydrogen-bond donors (Lipinski definition) is 2. The number of benzene rings is 2. The molecule has 3 amide bonds. The Kier molecular flexibility index (Phi) is 5.46. The summed E-state index contributed by atoms with van der Waals surface area (Å²) in [7, 11) is 0. The Bertz CT molecular complexity index is 813. The highest BCUT2D eigenvalue weighted by Crippen LogP contribution is 2.20. The number of carbonyl (C=O) groups excluding carboxylic acids is 2. The van der Waals surface area contributed by atoms with E-state index in [1.165, 1.54) is 29.2 Å². The second-order valence-corrected chi connectivity index (χ2v) is 6.10. The van der Waals surface area contributed by atoms with Crippen LogP contribution >= 0.6 is 0 Å². The number of nitrogens with one attached hydrogen (secondary N) is 2. The smallest absolute Gasteiger partial charge is 0.322 e. The van der Waals surface area contributed by atoms with Crippen molar-refractivity contribution in [3.05, 3.63) is 65.7 Å². The Morgan fingerprint density at radius 1 is 1.12 bits per heavy atom. The highest BCUT2D eigenvalue weighted by atomic mass is 19.1. The van der Waals surface area contributed by atoms with Crippen LogP contribution in [0.3, 0.4) is 0 Å². The van der Waals surface area contributed by atoms with E-state index in [2.05, 4.69) is 10.6 Å². The van der Waals surface area contributed by atoms with E-state index in [1.807, 2.05) is 0 Å². The maximum Gasteiger partial charge on any atom is 0.322 e. The van der Waals surface area contributed by atoms with E-state index in [4.69, 9.17) is 0 Å². The van der Waals surface area contributed by atoms with Gasteiger partial charge in [0, 0.05) is 24.3 Å². The molecule has 2 N–H and O–H groups in total. The Hall–Kier alpha value is -2.96. The Morgan fingerprint density at radius 3 is 2.69 bits per heavy atom. The lowest BCUT2D eigenvalue weighted by Gasteiger charge is -2.24. The second kappa shape index (κ2) is 7.95. The average Bonchev–Trinajstić information content (AvgIpc) is 3.11. The molecule has 0 spiro atoms. The minimum Gasteiger partial charge on any atom is -0.350 e. The third-order valence-corrected chi connectivity index (χ3v) is 4.30. The third kappa shape index (κ3) is 4.17. The van der Waals surface area contributed by atoms with Crippen LogP contribution in [0.2, 0.25) is 0 Å². The minimum atomic E-state index is -0.629. The number of hydrogen-bond acceptors (Lipinski definition) is 2. The lowest BCUT2D eigenvalue weighted by atomic mass is 10.2. The Labute approximate surface area is 150 Å². The highest BCUT2D eigenvalue weighted by molar-refractivity contribution is 5.94. The van der Waals surface area contributed by atoms with Gasteiger partial charge in [0.15, 0.2) is 0 Å². The third-order valence-electron chi connectivity index (χ3n) is 4.30. The summed E-state index contributed by atoms with van der Waals surface area (Å²) in [6.45, 7) is 0.486. The summed E-state index contributed by atoms with van der Waals surface area (Å²) in [5.41, 5.74) is 0.710. The zero-order chi connectivity index (χ0) is 18.5. The predicted molar refractivity (Wildman–Crippen MR) is 93.4 cm³/mol. The van der Waals surface area contributed by atoms with Crippen molar-refractivity contribution in [2.45, 2.75) is 25.4 Å². The van der Waals surface area contributed by atoms with Crippen molar-refractivity contribution in [3.63, 3.8) is 0 Å². The number of nitrogens with zero attached hydrogens (tertiary/aromatic N) is 1. The summed E-state index contributed by atoms with van der Waals surface area (Å²) in [6, 6.07) is 10.7. The number of carbonyl (C=O) groups is 2. The molecule has 0 aliphatic carbocycles. The first-order valence-electron chi connectivity index (χ1n) is 8.39. The van der Waals surface area contributed by atoms with E-state index < -0.39 is 17.9 Å². The van der Waals surface area contributed by atoms with Crippen LogP contribution in [-0.4, -0.2) is 29.4 Å². The van der Waals surface area contributed by atoms with Crippen LogP contribution in [0, 0.1) is 11.6 Å². The van der Waals surface area contributed by atoms with Gasteiger partial charge in [-0.1, -0.05) is 24.3 Å². The number of amides is 3. The summed E-state index contributed by atoms with van der Waals surface area (Å²) in [5.74, 6) is -1.18. The topological polar surface area (TPSA) is 61.4 Å². The molecule has 0 radical (unpaired) electrons. The van der Waals surface area contributed by atoms with Gasteiger partial charge >= 0.3 is 6.03 Å². The fourth-order valence-corrected chi connectivity index (χ4v) is 2.99. The maximum absolute atomic E-state index is 13.6. The largest absolute Gasteiger partial charge is 0.350 e. The van der Waals surface area contributed by atoms with Crippen molar-refractivity contribution in [1.29, 1.82) is 0 Å². The van der Waals surface area contributed by atoms with Crippen LogP contribution in [0.5, 0.6) is 0 Å². The summed E-state index contributed by atoms with van der Waals surface area (Å²) >= 11 is 0. The van der Waals surface area contributed by atoms with Gasteiger partial charge in [-0.25, -0.2) is 13.6 Å². The van der Waals surface area contributed by atoms with Crippen molar-refractivity contribution in [3.8, 4) is 0 Å². The van der Waals surface area contributed by atoms with Crippen molar-refractivity contribution in [2.24, 2.45) is 0 Å². The van der Waals surface area contributed by atoms with Gasteiger partial charge in [0.1, 0.15) is 17.7 Å². The first-order valence-corrected chi connectivity index (χ1v) is 8.39. The molecule has 2 aromatic carbocycles. The molecule has 0 unspecified atom stereocenters. The van der Waals surface area contributed by atoms with E-state index in [1.54, 1.807) is 24.3 Å². The van der Waals surface area contributed by atoms with Crippen molar-refractivity contribution < 1.29 is 18.4 Å². The van der Waals surface area contributed by atoms with Crippen LogP contribution < -0.4 is 10.6 Å². The van der Waals surface area contributed by atoms with Crippen LogP contribution in [0.4, 0.5) is 19.3 Å². The predicted octanol–water partition coefficient (Wildman–Crippen LogP) is 3.28. The fraction of sp³-hybridized carbons (Fsp3) is 0.263. The van der Waals surface area contributed by atoms with Crippen LogP contribution in [-0.2, 0) is 11.3 Å². The number of halogens is 2. The molecule has 5 nitrogen and oxygen atoms in total. The molecule has 0 bridgehead atoms. The first-order chi connectivity index (χ1) is 12.5. The summed E-state index contributed by atoms with van der Waals surface area (Å²) < 4.78 is 26.9.